The minimum atomic E-state index is 1.29. The molecule has 1 aromatic carbocycles. The normalized spacial score (nSPS) is 11.2. The molecule has 0 saturated carbocycles. The first kappa shape index (κ1) is 9.79. The SMILES string of the molecule is CC(C)=C/C=C(/C)c1ccccc1. The van der Waals surface area contributed by atoms with Crippen LogP contribution in [-0.2, 0) is 0 Å². The summed E-state index contributed by atoms with van der Waals surface area (Å²) in [5, 5.41) is 0. The van der Waals surface area contributed by atoms with E-state index in [1.165, 1.54) is 16.7 Å². The second-order valence-electron chi connectivity index (χ2n) is 3.46. The lowest BCUT2D eigenvalue weighted by Gasteiger charge is -1.98. The highest BCUT2D eigenvalue weighted by Gasteiger charge is 1.90. The predicted octanol–water partition coefficient (Wildman–Crippen LogP) is 4.06. The number of hydrogen-bond donors (Lipinski definition) is 0. The molecular formula is C13H16. The van der Waals surface area contributed by atoms with Crippen LogP contribution in [0.5, 0.6) is 0 Å². The molecule has 0 radical (unpaired) electrons. The van der Waals surface area contributed by atoms with E-state index in [0.717, 1.165) is 0 Å². The molecule has 0 atom stereocenters. The zero-order valence-corrected chi connectivity index (χ0v) is 8.54. The molecule has 1 aromatic rings. The average molecular weight is 172 g/mol. The minimum Gasteiger partial charge on any atom is -0.0764 e. The molecular weight excluding hydrogens is 156 g/mol. The Morgan fingerprint density at radius 2 is 1.54 bits per heavy atom. The van der Waals surface area contributed by atoms with E-state index in [2.05, 4.69) is 57.2 Å². The van der Waals surface area contributed by atoms with Crippen LogP contribution in [0.15, 0.2) is 48.1 Å². The molecule has 68 valence electrons. The molecule has 0 aliphatic rings. The predicted molar refractivity (Wildman–Crippen MR) is 59.5 cm³/mol. The van der Waals surface area contributed by atoms with Crippen molar-refractivity contribution in [3.05, 3.63) is 53.6 Å². The van der Waals surface area contributed by atoms with Gasteiger partial charge in [0.1, 0.15) is 0 Å². The van der Waals surface area contributed by atoms with Crippen LogP contribution in [0, 0.1) is 0 Å². The Labute approximate surface area is 80.6 Å². The minimum absolute atomic E-state index is 1.29. The third-order valence-corrected chi connectivity index (χ3v) is 1.90. The summed E-state index contributed by atoms with van der Waals surface area (Å²) in [5.74, 6) is 0. The number of benzene rings is 1. The lowest BCUT2D eigenvalue weighted by Crippen LogP contribution is -1.76. The fraction of sp³-hybridized carbons (Fsp3) is 0.231. The molecule has 0 heterocycles. The molecule has 0 aromatic heterocycles. The maximum atomic E-state index is 2.16. The Balaban J connectivity index is 2.86. The molecule has 0 heteroatoms. The molecule has 0 amide bonds. The van der Waals surface area contributed by atoms with Crippen molar-refractivity contribution in [2.75, 3.05) is 0 Å². The second-order valence-corrected chi connectivity index (χ2v) is 3.46. The van der Waals surface area contributed by atoms with Gasteiger partial charge in [-0.15, -0.1) is 0 Å². The fourth-order valence-corrected chi connectivity index (χ4v) is 1.09. The molecule has 0 fully saturated rings. The van der Waals surface area contributed by atoms with Gasteiger partial charge in [-0.05, 0) is 31.9 Å². The van der Waals surface area contributed by atoms with Crippen LogP contribution >= 0.6 is 0 Å². The molecule has 0 aliphatic heterocycles. The van der Waals surface area contributed by atoms with Crippen LogP contribution in [-0.4, -0.2) is 0 Å². The molecule has 0 unspecified atom stereocenters. The van der Waals surface area contributed by atoms with E-state index in [-0.39, 0.29) is 0 Å². The molecule has 0 saturated heterocycles. The second kappa shape index (κ2) is 4.66. The van der Waals surface area contributed by atoms with Crippen LogP contribution in [0.4, 0.5) is 0 Å². The summed E-state index contributed by atoms with van der Waals surface area (Å²) in [5.41, 5.74) is 3.93. The molecule has 0 aliphatic carbocycles. The quantitative estimate of drug-likeness (QED) is 0.590. The van der Waals surface area contributed by atoms with Gasteiger partial charge in [-0.1, -0.05) is 48.1 Å². The van der Waals surface area contributed by atoms with Gasteiger partial charge in [0.25, 0.3) is 0 Å². The van der Waals surface area contributed by atoms with Gasteiger partial charge in [-0.2, -0.15) is 0 Å². The summed E-state index contributed by atoms with van der Waals surface area (Å²) in [4.78, 5) is 0. The fourth-order valence-electron chi connectivity index (χ4n) is 1.09. The van der Waals surface area contributed by atoms with Gasteiger partial charge in [0, 0.05) is 0 Å². The van der Waals surface area contributed by atoms with Crippen molar-refractivity contribution in [1.29, 1.82) is 0 Å². The van der Waals surface area contributed by atoms with Gasteiger partial charge in [-0.3, -0.25) is 0 Å². The van der Waals surface area contributed by atoms with Crippen molar-refractivity contribution in [2.24, 2.45) is 0 Å². The van der Waals surface area contributed by atoms with Crippen molar-refractivity contribution >= 4 is 5.57 Å². The number of allylic oxidation sites excluding steroid dienone is 4. The van der Waals surface area contributed by atoms with E-state index < -0.39 is 0 Å². The Hall–Kier alpha value is -1.30. The topological polar surface area (TPSA) is 0 Å². The van der Waals surface area contributed by atoms with E-state index in [9.17, 15) is 0 Å². The maximum absolute atomic E-state index is 2.16. The first-order chi connectivity index (χ1) is 6.20. The van der Waals surface area contributed by atoms with Gasteiger partial charge in [0.15, 0.2) is 0 Å². The zero-order valence-electron chi connectivity index (χ0n) is 8.54. The first-order valence-corrected chi connectivity index (χ1v) is 4.57. The summed E-state index contributed by atoms with van der Waals surface area (Å²) in [6.07, 6.45) is 4.30. The largest absolute Gasteiger partial charge is 0.0764 e. The lowest BCUT2D eigenvalue weighted by molar-refractivity contribution is 1.39. The van der Waals surface area contributed by atoms with Crippen molar-refractivity contribution in [1.82, 2.24) is 0 Å². The summed E-state index contributed by atoms with van der Waals surface area (Å²) in [7, 11) is 0. The summed E-state index contributed by atoms with van der Waals surface area (Å²) in [6.45, 7) is 6.35. The van der Waals surface area contributed by atoms with Crippen LogP contribution in [0.1, 0.15) is 26.3 Å². The molecule has 13 heavy (non-hydrogen) atoms. The van der Waals surface area contributed by atoms with E-state index >= 15 is 0 Å². The average Bonchev–Trinajstić information content (AvgIpc) is 2.15. The van der Waals surface area contributed by atoms with E-state index in [1.54, 1.807) is 0 Å². The van der Waals surface area contributed by atoms with Crippen molar-refractivity contribution in [2.45, 2.75) is 20.8 Å². The Morgan fingerprint density at radius 3 is 2.08 bits per heavy atom. The molecule has 0 N–H and O–H groups in total. The van der Waals surface area contributed by atoms with Gasteiger partial charge < -0.3 is 0 Å². The third kappa shape index (κ3) is 3.29. The van der Waals surface area contributed by atoms with Crippen molar-refractivity contribution < 1.29 is 0 Å². The first-order valence-electron chi connectivity index (χ1n) is 4.57. The van der Waals surface area contributed by atoms with Crippen LogP contribution in [0.25, 0.3) is 5.57 Å². The highest BCUT2D eigenvalue weighted by Crippen LogP contribution is 2.12. The van der Waals surface area contributed by atoms with Gasteiger partial charge in [-0.25, -0.2) is 0 Å². The lowest BCUT2D eigenvalue weighted by atomic mass is 10.1. The molecule has 0 nitrogen and oxygen atoms in total. The standard InChI is InChI=1S/C13H16/c1-11(2)9-10-12(3)13-7-5-4-6-8-13/h4-10H,1-3H3/b12-10-. The third-order valence-electron chi connectivity index (χ3n) is 1.90. The summed E-state index contributed by atoms with van der Waals surface area (Å²) < 4.78 is 0. The smallest absolute Gasteiger partial charge is 0.0227 e. The molecule has 0 spiro atoms. The van der Waals surface area contributed by atoms with Crippen LogP contribution in [0.2, 0.25) is 0 Å². The summed E-state index contributed by atoms with van der Waals surface area (Å²) in [6, 6.07) is 10.4. The van der Waals surface area contributed by atoms with Gasteiger partial charge >= 0.3 is 0 Å². The Bertz CT molecular complexity index is 311. The van der Waals surface area contributed by atoms with E-state index in [4.69, 9.17) is 0 Å². The van der Waals surface area contributed by atoms with Crippen molar-refractivity contribution in [3.8, 4) is 0 Å². The van der Waals surface area contributed by atoms with Gasteiger partial charge in [0.05, 0.1) is 0 Å². The van der Waals surface area contributed by atoms with Crippen molar-refractivity contribution in [3.63, 3.8) is 0 Å². The molecule has 0 bridgehead atoms. The van der Waals surface area contributed by atoms with E-state index in [1.807, 2.05) is 6.07 Å². The monoisotopic (exact) mass is 172 g/mol. The highest BCUT2D eigenvalue weighted by atomic mass is 14.0. The Kier molecular flexibility index (Phi) is 3.51. The highest BCUT2D eigenvalue weighted by molar-refractivity contribution is 5.65. The number of hydrogen-bond acceptors (Lipinski definition) is 0. The molecule has 1 rings (SSSR count). The van der Waals surface area contributed by atoms with Gasteiger partial charge in [0.2, 0.25) is 0 Å². The van der Waals surface area contributed by atoms with E-state index in [0.29, 0.717) is 0 Å². The van der Waals surface area contributed by atoms with Crippen LogP contribution < -0.4 is 0 Å². The Morgan fingerprint density at radius 1 is 0.923 bits per heavy atom. The number of rotatable bonds is 2. The van der Waals surface area contributed by atoms with Crippen LogP contribution in [0.3, 0.4) is 0 Å². The summed E-state index contributed by atoms with van der Waals surface area (Å²) >= 11 is 0. The zero-order chi connectivity index (χ0) is 9.68. The maximum Gasteiger partial charge on any atom is -0.0227 e.